The maximum absolute atomic E-state index is 13.2. The summed E-state index contributed by atoms with van der Waals surface area (Å²) in [5.74, 6) is -1.52. The number of benzene rings is 1. The fraction of sp³-hybridized carbons (Fsp3) is 0.235. The van der Waals surface area contributed by atoms with Crippen LogP contribution in [0.15, 0.2) is 42.6 Å². The zero-order valence-corrected chi connectivity index (χ0v) is 13.9. The topological polar surface area (TPSA) is 71.8 Å². The molecule has 0 saturated carbocycles. The lowest BCUT2D eigenvalue weighted by atomic mass is 10.3. The third-order valence-electron chi connectivity index (χ3n) is 3.68. The van der Waals surface area contributed by atoms with Gasteiger partial charge in [0.1, 0.15) is 11.3 Å². The summed E-state index contributed by atoms with van der Waals surface area (Å²) in [6.07, 6.45) is -2.99. The number of hydrogen-bond donors (Lipinski definition) is 2. The van der Waals surface area contributed by atoms with Gasteiger partial charge in [0.05, 0.1) is 0 Å². The van der Waals surface area contributed by atoms with Crippen LogP contribution in [0.3, 0.4) is 0 Å². The van der Waals surface area contributed by atoms with Crippen LogP contribution >= 0.6 is 0 Å². The number of aryl methyl sites for hydroxylation is 1. The minimum absolute atomic E-state index is 0.0252. The Bertz CT molecular complexity index is 954. The highest BCUT2D eigenvalue weighted by Gasteiger charge is 2.37. The smallest absolute Gasteiger partial charge is 0.338 e. The molecule has 10 heteroatoms. The molecular formula is C17H15F4N5O. The Hall–Kier alpha value is -3.17. The number of carbonyl (C=O) groups is 1. The lowest BCUT2D eigenvalue weighted by Gasteiger charge is -2.11. The Labute approximate surface area is 151 Å². The van der Waals surface area contributed by atoms with Gasteiger partial charge in [-0.3, -0.25) is 0 Å². The van der Waals surface area contributed by atoms with Crippen molar-refractivity contribution in [2.24, 2.45) is 0 Å². The second-order valence-corrected chi connectivity index (χ2v) is 5.68. The number of rotatable bonds is 5. The SMILES string of the molecule is O=C(NCCCn1c(C(F)(F)F)nc2cccnc21)Nc1cccc(F)c1. The highest BCUT2D eigenvalue weighted by atomic mass is 19.4. The lowest BCUT2D eigenvalue weighted by Crippen LogP contribution is -2.30. The van der Waals surface area contributed by atoms with Gasteiger partial charge in [0.25, 0.3) is 0 Å². The van der Waals surface area contributed by atoms with E-state index < -0.39 is 23.8 Å². The van der Waals surface area contributed by atoms with Gasteiger partial charge in [-0.05, 0) is 36.8 Å². The summed E-state index contributed by atoms with van der Waals surface area (Å²) in [6, 6.07) is 7.74. The molecule has 2 amide bonds. The predicted molar refractivity (Wildman–Crippen MR) is 90.6 cm³/mol. The first-order valence-corrected chi connectivity index (χ1v) is 8.03. The zero-order valence-electron chi connectivity index (χ0n) is 13.9. The quantitative estimate of drug-likeness (QED) is 0.522. The second kappa shape index (κ2) is 7.60. The standard InChI is InChI=1S/C17H15F4N5O/c18-11-4-1-5-12(10-11)24-16(27)23-8-3-9-26-14-13(6-2-7-22-14)25-15(26)17(19,20)21/h1-2,4-7,10H,3,8-9H2,(H2,23,24,27). The van der Waals surface area contributed by atoms with Crippen LogP contribution < -0.4 is 10.6 Å². The molecule has 6 nitrogen and oxygen atoms in total. The third-order valence-corrected chi connectivity index (χ3v) is 3.68. The van der Waals surface area contributed by atoms with E-state index in [1.807, 2.05) is 0 Å². The highest BCUT2D eigenvalue weighted by molar-refractivity contribution is 5.89. The normalized spacial score (nSPS) is 11.6. The first-order valence-electron chi connectivity index (χ1n) is 8.03. The van der Waals surface area contributed by atoms with Gasteiger partial charge in [-0.25, -0.2) is 19.2 Å². The molecule has 0 fully saturated rings. The molecule has 0 spiro atoms. The lowest BCUT2D eigenvalue weighted by molar-refractivity contribution is -0.147. The van der Waals surface area contributed by atoms with Gasteiger partial charge in [-0.15, -0.1) is 0 Å². The van der Waals surface area contributed by atoms with E-state index in [-0.39, 0.29) is 36.4 Å². The highest BCUT2D eigenvalue weighted by Crippen LogP contribution is 2.30. The van der Waals surface area contributed by atoms with Gasteiger partial charge in [0, 0.05) is 25.0 Å². The number of alkyl halides is 3. The number of imidazole rings is 1. The number of aromatic nitrogens is 3. The van der Waals surface area contributed by atoms with E-state index in [1.54, 1.807) is 0 Å². The van der Waals surface area contributed by atoms with E-state index in [9.17, 15) is 22.4 Å². The van der Waals surface area contributed by atoms with Crippen LogP contribution in [0.1, 0.15) is 12.2 Å². The molecular weight excluding hydrogens is 366 g/mol. The number of halogens is 4. The number of urea groups is 1. The Balaban J connectivity index is 1.60. The number of nitrogens with zero attached hydrogens (tertiary/aromatic N) is 3. The first-order chi connectivity index (χ1) is 12.8. The van der Waals surface area contributed by atoms with Crippen molar-refractivity contribution in [3.05, 3.63) is 54.2 Å². The molecule has 2 N–H and O–H groups in total. The van der Waals surface area contributed by atoms with E-state index in [0.717, 1.165) is 10.6 Å². The number of fused-ring (bicyclic) bond motifs is 1. The van der Waals surface area contributed by atoms with Crippen molar-refractivity contribution in [1.82, 2.24) is 19.9 Å². The van der Waals surface area contributed by atoms with Gasteiger partial charge in [0.2, 0.25) is 5.82 Å². The monoisotopic (exact) mass is 381 g/mol. The van der Waals surface area contributed by atoms with Crippen LogP contribution in [0.4, 0.5) is 28.0 Å². The van der Waals surface area contributed by atoms with Crippen molar-refractivity contribution in [2.75, 3.05) is 11.9 Å². The van der Waals surface area contributed by atoms with E-state index in [0.29, 0.717) is 0 Å². The summed E-state index contributed by atoms with van der Waals surface area (Å²) in [5.41, 5.74) is 0.562. The van der Waals surface area contributed by atoms with E-state index in [4.69, 9.17) is 0 Å². The molecule has 0 atom stereocenters. The van der Waals surface area contributed by atoms with Crippen LogP contribution in [0.5, 0.6) is 0 Å². The van der Waals surface area contributed by atoms with E-state index >= 15 is 0 Å². The molecule has 1 aromatic carbocycles. The zero-order chi connectivity index (χ0) is 19.4. The summed E-state index contributed by atoms with van der Waals surface area (Å²) in [7, 11) is 0. The number of amides is 2. The molecule has 0 aliphatic carbocycles. The van der Waals surface area contributed by atoms with Gasteiger partial charge < -0.3 is 15.2 Å². The number of carbonyl (C=O) groups excluding carboxylic acids is 1. The molecule has 2 aromatic heterocycles. The van der Waals surface area contributed by atoms with Crippen molar-refractivity contribution >= 4 is 22.9 Å². The van der Waals surface area contributed by atoms with Crippen LogP contribution in [0.2, 0.25) is 0 Å². The van der Waals surface area contributed by atoms with Crippen LogP contribution in [-0.2, 0) is 12.7 Å². The van der Waals surface area contributed by atoms with Crippen LogP contribution in [0, 0.1) is 5.82 Å². The fourth-order valence-corrected chi connectivity index (χ4v) is 2.57. The summed E-state index contributed by atoms with van der Waals surface area (Å²) in [6.45, 7) is 0.0908. The molecule has 0 bridgehead atoms. The molecule has 0 unspecified atom stereocenters. The second-order valence-electron chi connectivity index (χ2n) is 5.68. The Morgan fingerprint density at radius 2 is 2.00 bits per heavy atom. The Morgan fingerprint density at radius 3 is 2.74 bits per heavy atom. The van der Waals surface area contributed by atoms with Crippen molar-refractivity contribution in [3.63, 3.8) is 0 Å². The summed E-state index contributed by atoms with van der Waals surface area (Å²) in [5, 5.41) is 4.95. The van der Waals surface area contributed by atoms with Crippen molar-refractivity contribution < 1.29 is 22.4 Å². The predicted octanol–water partition coefficient (Wildman–Crippen LogP) is 3.80. The molecule has 0 aliphatic rings. The number of nitrogens with one attached hydrogen (secondary N) is 2. The minimum Gasteiger partial charge on any atom is -0.338 e. The van der Waals surface area contributed by atoms with Crippen LogP contribution in [-0.4, -0.2) is 27.1 Å². The number of anilines is 1. The maximum Gasteiger partial charge on any atom is 0.449 e. The molecule has 0 radical (unpaired) electrons. The van der Waals surface area contributed by atoms with Crippen molar-refractivity contribution in [3.8, 4) is 0 Å². The third kappa shape index (κ3) is 4.52. The fourth-order valence-electron chi connectivity index (χ4n) is 2.57. The molecule has 3 rings (SSSR count). The van der Waals surface area contributed by atoms with Crippen molar-refractivity contribution in [2.45, 2.75) is 19.1 Å². The molecule has 0 aliphatic heterocycles. The molecule has 3 aromatic rings. The Morgan fingerprint density at radius 1 is 1.19 bits per heavy atom. The average Bonchev–Trinajstić information content (AvgIpc) is 2.98. The largest absolute Gasteiger partial charge is 0.449 e. The average molecular weight is 381 g/mol. The Kier molecular flexibility index (Phi) is 5.24. The summed E-state index contributed by atoms with van der Waals surface area (Å²) >= 11 is 0. The molecule has 2 heterocycles. The van der Waals surface area contributed by atoms with Crippen molar-refractivity contribution in [1.29, 1.82) is 0 Å². The molecule has 142 valence electrons. The van der Waals surface area contributed by atoms with Crippen LogP contribution in [0.25, 0.3) is 11.2 Å². The number of hydrogen-bond acceptors (Lipinski definition) is 3. The van der Waals surface area contributed by atoms with Gasteiger partial charge in [-0.2, -0.15) is 13.2 Å². The van der Waals surface area contributed by atoms with Gasteiger partial charge in [0.15, 0.2) is 5.65 Å². The van der Waals surface area contributed by atoms with E-state index in [2.05, 4.69) is 20.6 Å². The number of pyridine rings is 1. The van der Waals surface area contributed by atoms with E-state index in [1.165, 1.54) is 36.5 Å². The molecule has 27 heavy (non-hydrogen) atoms. The van der Waals surface area contributed by atoms with Gasteiger partial charge in [-0.1, -0.05) is 6.07 Å². The maximum atomic E-state index is 13.2. The minimum atomic E-state index is -4.61. The summed E-state index contributed by atoms with van der Waals surface area (Å²) in [4.78, 5) is 19.3. The van der Waals surface area contributed by atoms with Gasteiger partial charge >= 0.3 is 12.2 Å². The molecule has 0 saturated heterocycles. The first kappa shape index (κ1) is 18.6. The summed E-state index contributed by atoms with van der Waals surface area (Å²) < 4.78 is 53.6.